The van der Waals surface area contributed by atoms with E-state index in [-0.39, 0.29) is 12.2 Å². The summed E-state index contributed by atoms with van der Waals surface area (Å²) >= 11 is 0. The van der Waals surface area contributed by atoms with Crippen LogP contribution in [-0.2, 0) is 9.47 Å². The van der Waals surface area contributed by atoms with Crippen molar-refractivity contribution in [2.45, 2.75) is 63.3 Å². The summed E-state index contributed by atoms with van der Waals surface area (Å²) in [6.45, 7) is 5.41. The van der Waals surface area contributed by atoms with Crippen LogP contribution in [0.25, 0.3) is 0 Å². The Balaban J connectivity index is 1.94. The van der Waals surface area contributed by atoms with Crippen LogP contribution in [0.15, 0.2) is 0 Å². The van der Waals surface area contributed by atoms with Gasteiger partial charge in [-0.2, -0.15) is 0 Å². The third-order valence-corrected chi connectivity index (χ3v) is 4.70. The third kappa shape index (κ3) is 3.69. The summed E-state index contributed by atoms with van der Waals surface area (Å²) in [5.74, 6) is 0. The van der Waals surface area contributed by atoms with Gasteiger partial charge in [0.2, 0.25) is 0 Å². The smallest absolute Gasteiger partial charge is 0.0971 e. The van der Waals surface area contributed by atoms with E-state index >= 15 is 0 Å². The first kappa shape index (κ1) is 15.2. The van der Waals surface area contributed by atoms with Crippen LogP contribution in [0.1, 0.15) is 39.0 Å². The molecule has 1 saturated carbocycles. The highest BCUT2D eigenvalue weighted by atomic mass is 16.5. The van der Waals surface area contributed by atoms with Gasteiger partial charge in [0, 0.05) is 39.4 Å². The maximum atomic E-state index is 5.57. The molecule has 4 heteroatoms. The van der Waals surface area contributed by atoms with Crippen molar-refractivity contribution in [1.29, 1.82) is 0 Å². The fraction of sp³-hybridized carbons (Fsp3) is 1.00. The number of rotatable bonds is 6. The lowest BCUT2D eigenvalue weighted by Gasteiger charge is -2.38. The summed E-state index contributed by atoms with van der Waals surface area (Å²) in [6, 6.07) is 1.32. The van der Waals surface area contributed by atoms with Gasteiger partial charge in [-0.25, -0.2) is 0 Å². The predicted octanol–water partition coefficient (Wildman–Crippen LogP) is 1.64. The van der Waals surface area contributed by atoms with E-state index in [0.29, 0.717) is 12.1 Å². The Bertz CT molecular complexity index is 251. The lowest BCUT2D eigenvalue weighted by atomic mass is 9.89. The maximum absolute atomic E-state index is 5.57. The molecule has 19 heavy (non-hydrogen) atoms. The quantitative estimate of drug-likeness (QED) is 0.795. The highest BCUT2D eigenvalue weighted by molar-refractivity contribution is 4.95. The minimum Gasteiger partial charge on any atom is -0.377 e. The summed E-state index contributed by atoms with van der Waals surface area (Å²) in [5, 5.41) is 3.74. The highest BCUT2D eigenvalue weighted by Crippen LogP contribution is 2.28. The van der Waals surface area contributed by atoms with E-state index < -0.39 is 0 Å². The van der Waals surface area contributed by atoms with Gasteiger partial charge in [-0.05, 0) is 25.8 Å². The van der Waals surface area contributed by atoms with Crippen LogP contribution in [0, 0.1) is 0 Å². The Morgan fingerprint density at radius 1 is 1.05 bits per heavy atom. The molecule has 4 nitrogen and oxygen atoms in total. The third-order valence-electron chi connectivity index (χ3n) is 4.70. The minimum absolute atomic E-state index is 0.235. The van der Waals surface area contributed by atoms with Crippen molar-refractivity contribution in [3.05, 3.63) is 0 Å². The number of nitrogens with zero attached hydrogens (tertiary/aromatic N) is 1. The Hall–Kier alpha value is -0.160. The predicted molar refractivity (Wildman–Crippen MR) is 77.5 cm³/mol. The number of methoxy groups -OCH3 is 2. The molecule has 0 radical (unpaired) electrons. The molecular formula is C15H30N2O2. The van der Waals surface area contributed by atoms with Gasteiger partial charge in [0.15, 0.2) is 0 Å². The molecule has 0 aromatic carbocycles. The fourth-order valence-corrected chi connectivity index (χ4v) is 3.61. The van der Waals surface area contributed by atoms with Crippen LogP contribution < -0.4 is 5.32 Å². The average Bonchev–Trinajstić information content (AvgIpc) is 2.88. The van der Waals surface area contributed by atoms with Crippen LogP contribution in [0.4, 0.5) is 0 Å². The second kappa shape index (κ2) is 7.58. The zero-order chi connectivity index (χ0) is 13.7. The minimum atomic E-state index is 0.235. The van der Waals surface area contributed by atoms with Gasteiger partial charge in [0.25, 0.3) is 0 Å². The van der Waals surface area contributed by atoms with E-state index in [9.17, 15) is 0 Å². The van der Waals surface area contributed by atoms with Gasteiger partial charge in [0.1, 0.15) is 0 Å². The maximum Gasteiger partial charge on any atom is 0.0971 e. The molecule has 112 valence electrons. The molecule has 1 heterocycles. The molecule has 2 fully saturated rings. The van der Waals surface area contributed by atoms with Crippen molar-refractivity contribution in [1.82, 2.24) is 10.2 Å². The first-order valence-electron chi connectivity index (χ1n) is 7.83. The Labute approximate surface area is 117 Å². The van der Waals surface area contributed by atoms with Gasteiger partial charge in [0.05, 0.1) is 12.2 Å². The molecule has 2 aliphatic rings. The van der Waals surface area contributed by atoms with E-state index in [1.54, 1.807) is 14.2 Å². The number of hydrogen-bond acceptors (Lipinski definition) is 4. The van der Waals surface area contributed by atoms with Crippen molar-refractivity contribution in [3.8, 4) is 0 Å². The Kier molecular flexibility index (Phi) is 6.07. The van der Waals surface area contributed by atoms with Gasteiger partial charge in [-0.1, -0.05) is 19.8 Å². The molecule has 1 aliphatic heterocycles. The number of likely N-dealkylation sites (tertiary alicyclic amines) is 1. The molecule has 4 unspecified atom stereocenters. The second-order valence-corrected chi connectivity index (χ2v) is 5.91. The molecule has 0 spiro atoms. The standard InChI is InChI=1S/C15H30N2O2/c1-4-9-16-12-7-5-6-8-13(12)17-10-14(18-2)15(11-17)19-3/h12-16H,4-11H2,1-3H3. The molecule has 1 N–H and O–H groups in total. The van der Waals surface area contributed by atoms with E-state index in [0.717, 1.165) is 19.6 Å². The van der Waals surface area contributed by atoms with Crippen molar-refractivity contribution < 1.29 is 9.47 Å². The second-order valence-electron chi connectivity index (χ2n) is 5.91. The van der Waals surface area contributed by atoms with Gasteiger partial charge >= 0.3 is 0 Å². The largest absolute Gasteiger partial charge is 0.377 e. The molecule has 4 atom stereocenters. The summed E-state index contributed by atoms with van der Waals surface area (Å²) in [7, 11) is 3.60. The van der Waals surface area contributed by atoms with Crippen LogP contribution in [0.3, 0.4) is 0 Å². The monoisotopic (exact) mass is 270 g/mol. The molecule has 1 aliphatic carbocycles. The molecule has 0 aromatic rings. The Morgan fingerprint density at radius 2 is 1.68 bits per heavy atom. The van der Waals surface area contributed by atoms with E-state index in [2.05, 4.69) is 17.1 Å². The van der Waals surface area contributed by atoms with Crippen molar-refractivity contribution in [2.24, 2.45) is 0 Å². The van der Waals surface area contributed by atoms with Crippen LogP contribution in [0.2, 0.25) is 0 Å². The number of hydrogen-bond donors (Lipinski definition) is 1. The zero-order valence-corrected chi connectivity index (χ0v) is 12.7. The summed E-state index contributed by atoms with van der Waals surface area (Å²) in [4.78, 5) is 2.59. The zero-order valence-electron chi connectivity index (χ0n) is 12.7. The number of ether oxygens (including phenoxy) is 2. The molecule has 0 amide bonds. The van der Waals surface area contributed by atoms with Gasteiger partial charge < -0.3 is 14.8 Å². The van der Waals surface area contributed by atoms with Crippen LogP contribution in [0.5, 0.6) is 0 Å². The van der Waals surface area contributed by atoms with Gasteiger partial charge in [-0.3, -0.25) is 4.90 Å². The normalized spacial score (nSPS) is 36.8. The first-order valence-corrected chi connectivity index (χ1v) is 7.83. The SMILES string of the molecule is CCCNC1CCCCC1N1CC(OC)C(OC)C1. The van der Waals surface area contributed by atoms with Crippen molar-refractivity contribution in [2.75, 3.05) is 33.9 Å². The summed E-state index contributed by atoms with van der Waals surface area (Å²) < 4.78 is 11.1. The lowest BCUT2D eigenvalue weighted by molar-refractivity contribution is -0.00461. The van der Waals surface area contributed by atoms with E-state index in [1.807, 2.05) is 0 Å². The molecule has 0 bridgehead atoms. The number of nitrogens with one attached hydrogen (secondary N) is 1. The van der Waals surface area contributed by atoms with Crippen molar-refractivity contribution >= 4 is 0 Å². The fourth-order valence-electron chi connectivity index (χ4n) is 3.61. The topological polar surface area (TPSA) is 33.7 Å². The molecular weight excluding hydrogens is 240 g/mol. The molecule has 2 rings (SSSR count). The molecule has 0 aromatic heterocycles. The molecule has 1 saturated heterocycles. The van der Waals surface area contributed by atoms with Crippen molar-refractivity contribution in [3.63, 3.8) is 0 Å². The average molecular weight is 270 g/mol. The first-order chi connectivity index (χ1) is 9.30. The summed E-state index contributed by atoms with van der Waals surface area (Å²) in [5.41, 5.74) is 0. The Morgan fingerprint density at radius 3 is 2.26 bits per heavy atom. The lowest BCUT2D eigenvalue weighted by Crippen LogP contribution is -2.51. The van der Waals surface area contributed by atoms with Crippen LogP contribution in [-0.4, -0.2) is 63.0 Å². The summed E-state index contributed by atoms with van der Waals surface area (Å²) in [6.07, 6.45) is 7.04. The van der Waals surface area contributed by atoms with Crippen LogP contribution >= 0.6 is 0 Å². The van der Waals surface area contributed by atoms with E-state index in [4.69, 9.17) is 9.47 Å². The van der Waals surface area contributed by atoms with E-state index in [1.165, 1.54) is 32.1 Å². The highest BCUT2D eigenvalue weighted by Gasteiger charge is 2.39. The van der Waals surface area contributed by atoms with Gasteiger partial charge in [-0.15, -0.1) is 0 Å².